The average molecular weight is 654 g/mol. The monoisotopic (exact) mass is 653 g/mol. The van der Waals surface area contributed by atoms with Gasteiger partial charge in [0.05, 0.1) is 32.9 Å². The molecule has 2 aliphatic rings. The normalized spacial score (nSPS) is 17.1. The van der Waals surface area contributed by atoms with Crippen molar-refractivity contribution in [1.29, 1.82) is 0 Å². The summed E-state index contributed by atoms with van der Waals surface area (Å²) in [5.74, 6) is -2.53. The van der Waals surface area contributed by atoms with E-state index in [0.717, 1.165) is 42.4 Å². The van der Waals surface area contributed by atoms with Crippen molar-refractivity contribution in [3.8, 4) is 5.75 Å². The number of fused-ring (bicyclic) bond motifs is 1. The molecule has 242 valence electrons. The number of H-pyrrole nitrogens is 2. The minimum absolute atomic E-state index is 0.0119. The third-order valence-corrected chi connectivity index (χ3v) is 10.4. The van der Waals surface area contributed by atoms with Gasteiger partial charge in [-0.2, -0.15) is 9.40 Å². The van der Waals surface area contributed by atoms with Crippen molar-refractivity contribution in [3.63, 3.8) is 0 Å². The van der Waals surface area contributed by atoms with Gasteiger partial charge in [-0.25, -0.2) is 17.2 Å². The highest BCUT2D eigenvalue weighted by molar-refractivity contribution is 7.89. The number of piperidine rings is 1. The van der Waals surface area contributed by atoms with Crippen molar-refractivity contribution in [2.45, 2.75) is 49.8 Å². The van der Waals surface area contributed by atoms with Crippen molar-refractivity contribution >= 4 is 33.3 Å². The number of sulfonamides is 1. The molecule has 2 aliphatic heterocycles. The van der Waals surface area contributed by atoms with Crippen molar-refractivity contribution < 1.29 is 31.5 Å². The zero-order chi connectivity index (χ0) is 32.8. The van der Waals surface area contributed by atoms with E-state index in [9.17, 15) is 26.8 Å². The number of amides is 2. The van der Waals surface area contributed by atoms with E-state index < -0.39 is 43.9 Å². The van der Waals surface area contributed by atoms with Crippen LogP contribution in [-0.4, -0.2) is 70.9 Å². The summed E-state index contributed by atoms with van der Waals surface area (Å²) >= 11 is 0. The zero-order valence-electron chi connectivity index (χ0n) is 25.4. The van der Waals surface area contributed by atoms with Crippen LogP contribution in [0, 0.1) is 11.6 Å². The van der Waals surface area contributed by atoms with Gasteiger partial charge in [-0.1, -0.05) is 0 Å². The quantitative estimate of drug-likeness (QED) is 0.220. The lowest BCUT2D eigenvalue weighted by Gasteiger charge is -2.30. The van der Waals surface area contributed by atoms with E-state index in [-0.39, 0.29) is 29.7 Å². The maximum Gasteiger partial charge on any atom is 0.258 e. The summed E-state index contributed by atoms with van der Waals surface area (Å²) in [6.45, 7) is 4.80. The molecule has 46 heavy (non-hydrogen) atoms. The van der Waals surface area contributed by atoms with Gasteiger partial charge >= 0.3 is 0 Å². The lowest BCUT2D eigenvalue weighted by atomic mass is 10.0. The van der Waals surface area contributed by atoms with Gasteiger partial charge in [0.2, 0.25) is 10.0 Å². The number of nitrogens with zero attached hydrogens (tertiary/aromatic N) is 3. The van der Waals surface area contributed by atoms with E-state index >= 15 is 0 Å². The minimum Gasteiger partial charge on any atom is -0.490 e. The third kappa shape index (κ3) is 6.00. The number of anilines is 2. The number of carbonyl (C=O) groups excluding carboxylic acids is 2. The molecule has 0 aliphatic carbocycles. The Bertz CT molecular complexity index is 1880. The smallest absolute Gasteiger partial charge is 0.258 e. The van der Waals surface area contributed by atoms with Gasteiger partial charge < -0.3 is 25.3 Å². The van der Waals surface area contributed by atoms with Crippen LogP contribution in [0.4, 0.5) is 20.3 Å². The van der Waals surface area contributed by atoms with Gasteiger partial charge in [0.1, 0.15) is 23.5 Å². The maximum atomic E-state index is 13.9. The fourth-order valence-electron chi connectivity index (χ4n) is 5.81. The minimum atomic E-state index is -4.36. The highest BCUT2D eigenvalue weighted by Gasteiger charge is 2.48. The molecular weight excluding hydrogens is 620 g/mol. The van der Waals surface area contributed by atoms with Crippen molar-refractivity contribution in [2.75, 3.05) is 30.8 Å². The molecular formula is C31H33F2N7O5S. The van der Waals surface area contributed by atoms with Gasteiger partial charge in [0.25, 0.3) is 11.8 Å². The Balaban J connectivity index is 1.27. The molecule has 2 amide bonds. The van der Waals surface area contributed by atoms with Gasteiger partial charge in [0, 0.05) is 49.7 Å². The van der Waals surface area contributed by atoms with E-state index in [0.29, 0.717) is 28.6 Å². The molecule has 15 heteroatoms. The first kappa shape index (κ1) is 31.4. The standard InChI is InChI=1S/C31H33F2N7O5S/c1-31(2)27-25(17-40(31)46(43,44)23-13-19(32)12-20(33)14-23)28(38-37-27)36-30(42)24-5-4-22(45-21-7-10-39(3)11-8-21)15-26(24)35-29(41)18-6-9-34-16-18/h4-6,9,12-16,21,34H,7-8,10-11,17H2,1-3H3,(H,35,41)(H2,36,37,38,42). The van der Waals surface area contributed by atoms with Crippen LogP contribution in [0.2, 0.25) is 0 Å². The summed E-state index contributed by atoms with van der Waals surface area (Å²) in [6, 6.07) is 8.50. The van der Waals surface area contributed by atoms with Gasteiger partial charge in [-0.05, 0) is 64.1 Å². The Morgan fingerprint density at radius 2 is 1.74 bits per heavy atom. The molecule has 0 atom stereocenters. The summed E-state index contributed by atoms with van der Waals surface area (Å²) in [6.07, 6.45) is 4.80. The second-order valence-electron chi connectivity index (χ2n) is 11.9. The molecule has 4 N–H and O–H groups in total. The molecule has 2 aromatic carbocycles. The van der Waals surface area contributed by atoms with Gasteiger partial charge in [-0.3, -0.25) is 14.7 Å². The van der Waals surface area contributed by atoms with Crippen molar-refractivity contribution in [1.82, 2.24) is 24.4 Å². The second kappa shape index (κ2) is 12.0. The number of hydrogen-bond donors (Lipinski definition) is 4. The number of aromatic amines is 2. The molecule has 4 aromatic rings. The van der Waals surface area contributed by atoms with Crippen LogP contribution in [0.1, 0.15) is 58.7 Å². The van der Waals surface area contributed by atoms with E-state index in [2.05, 4.69) is 37.8 Å². The average Bonchev–Trinajstić information content (AvgIpc) is 3.73. The number of ether oxygens (including phenoxy) is 1. The van der Waals surface area contributed by atoms with Gasteiger partial charge in [-0.15, -0.1) is 0 Å². The molecule has 2 aromatic heterocycles. The number of aromatic nitrogens is 3. The number of nitrogens with one attached hydrogen (secondary N) is 4. The first-order valence-corrected chi connectivity index (χ1v) is 16.1. The molecule has 0 bridgehead atoms. The lowest BCUT2D eigenvalue weighted by Crippen LogP contribution is -2.40. The van der Waals surface area contributed by atoms with Crippen molar-refractivity contribution in [3.05, 3.63) is 88.9 Å². The molecule has 0 spiro atoms. The highest BCUT2D eigenvalue weighted by atomic mass is 32.2. The molecule has 1 fully saturated rings. The van der Waals surface area contributed by atoms with Crippen LogP contribution < -0.4 is 15.4 Å². The number of rotatable bonds is 8. The Morgan fingerprint density at radius 3 is 2.41 bits per heavy atom. The van der Waals surface area contributed by atoms with Crippen LogP contribution in [-0.2, 0) is 22.1 Å². The Kier molecular flexibility index (Phi) is 8.16. The predicted octanol–water partition coefficient (Wildman–Crippen LogP) is 4.43. The van der Waals surface area contributed by atoms with E-state index in [4.69, 9.17) is 4.74 Å². The van der Waals surface area contributed by atoms with Crippen LogP contribution in [0.5, 0.6) is 5.75 Å². The van der Waals surface area contributed by atoms with Crippen LogP contribution in [0.15, 0.2) is 59.8 Å². The molecule has 1 saturated heterocycles. The fraction of sp³-hybridized carbons (Fsp3) is 0.323. The number of benzene rings is 2. The predicted molar refractivity (Wildman–Crippen MR) is 165 cm³/mol. The van der Waals surface area contributed by atoms with Crippen LogP contribution in [0.25, 0.3) is 0 Å². The molecule has 0 unspecified atom stereocenters. The Hall–Kier alpha value is -4.60. The summed E-state index contributed by atoms with van der Waals surface area (Å²) in [4.78, 5) is 31.2. The number of likely N-dealkylation sites (tertiary alicyclic amines) is 1. The first-order chi connectivity index (χ1) is 21.8. The number of carbonyl (C=O) groups is 2. The van der Waals surface area contributed by atoms with E-state index in [1.165, 1.54) is 6.20 Å². The summed E-state index contributed by atoms with van der Waals surface area (Å²) in [5.41, 5.74) is 0.285. The topological polar surface area (TPSA) is 153 Å². The van der Waals surface area contributed by atoms with Crippen molar-refractivity contribution in [2.24, 2.45) is 0 Å². The van der Waals surface area contributed by atoms with Crippen LogP contribution in [0.3, 0.4) is 0 Å². The lowest BCUT2D eigenvalue weighted by molar-refractivity contribution is 0.102. The number of hydrogen-bond acceptors (Lipinski definition) is 7. The van der Waals surface area contributed by atoms with E-state index in [1.807, 2.05) is 0 Å². The summed E-state index contributed by atoms with van der Waals surface area (Å²) in [7, 11) is -2.31. The Labute approximate surface area is 264 Å². The Morgan fingerprint density at radius 1 is 1.02 bits per heavy atom. The SMILES string of the molecule is CN1CCC(Oc2ccc(C(=O)Nc3n[nH]c4c3CN(S(=O)(=O)c3cc(F)cc(F)c3)C4(C)C)c(NC(=O)c3cc[nH]c3)c2)CC1. The molecule has 0 saturated carbocycles. The number of halogens is 2. The summed E-state index contributed by atoms with van der Waals surface area (Å²) in [5, 5.41) is 12.6. The highest BCUT2D eigenvalue weighted by Crippen LogP contribution is 2.44. The largest absolute Gasteiger partial charge is 0.490 e. The fourth-order valence-corrected chi connectivity index (χ4v) is 7.58. The molecule has 6 rings (SSSR count). The van der Waals surface area contributed by atoms with Gasteiger partial charge in [0.15, 0.2) is 5.82 Å². The molecule has 0 radical (unpaired) electrons. The molecule has 12 nitrogen and oxygen atoms in total. The second-order valence-corrected chi connectivity index (χ2v) is 13.8. The maximum absolute atomic E-state index is 13.9. The summed E-state index contributed by atoms with van der Waals surface area (Å²) < 4.78 is 62.2. The third-order valence-electron chi connectivity index (χ3n) is 8.37. The van der Waals surface area contributed by atoms with E-state index in [1.54, 1.807) is 44.3 Å². The molecule has 4 heterocycles. The zero-order valence-corrected chi connectivity index (χ0v) is 26.2. The first-order valence-electron chi connectivity index (χ1n) is 14.6. The van der Waals surface area contributed by atoms with Crippen LogP contribution >= 0.6 is 0 Å².